The van der Waals surface area contributed by atoms with Crippen molar-refractivity contribution in [1.82, 2.24) is 0 Å². The van der Waals surface area contributed by atoms with Crippen LogP contribution in [0.4, 0.5) is 0 Å². The Labute approximate surface area is 268 Å². The van der Waals surface area contributed by atoms with Crippen LogP contribution in [0, 0.1) is 0 Å². The molecule has 9 rings (SSSR count). The summed E-state index contributed by atoms with van der Waals surface area (Å²) in [5.41, 5.74) is 8.72. The molecule has 0 spiro atoms. The molecule has 6 aromatic carbocycles. The zero-order chi connectivity index (χ0) is 30.1. The van der Waals surface area contributed by atoms with Crippen LogP contribution in [-0.2, 0) is 5.41 Å². The molecule has 2 nitrogen and oxygen atoms in total. The highest BCUT2D eigenvalue weighted by molar-refractivity contribution is 7.22. The third-order valence-electron chi connectivity index (χ3n) is 9.17. The lowest BCUT2D eigenvalue weighted by Crippen LogP contribution is -2.28. The Morgan fingerprint density at radius 3 is 1.27 bits per heavy atom. The second-order valence-electron chi connectivity index (χ2n) is 11.6. The second kappa shape index (κ2) is 9.93. The first-order chi connectivity index (χ1) is 22.1. The normalized spacial score (nSPS) is 13.2. The molecular weight excluding hydrogens is 589 g/mol. The summed E-state index contributed by atoms with van der Waals surface area (Å²) < 4.78 is 2.54. The standard InChI is InChI=1S/C41H26O2S2/c42-29-19-15-27(16-20-29)41(28-17-21-30(43)22-18-28)33-11-5-9-31(37-23-25-7-1-3-13-35(25)44-37)39(33)40-32(10-6-12-34(40)41)38-24-26-8-2-4-14-36(26)45-38/h1-24,42-43H. The molecule has 1 aliphatic carbocycles. The summed E-state index contributed by atoms with van der Waals surface area (Å²) in [5.74, 6) is 0.465. The minimum atomic E-state index is -0.675. The van der Waals surface area contributed by atoms with Gasteiger partial charge >= 0.3 is 0 Å². The highest BCUT2D eigenvalue weighted by Crippen LogP contribution is 2.61. The number of hydrogen-bond acceptors (Lipinski definition) is 4. The Hall–Kier alpha value is -5.16. The van der Waals surface area contributed by atoms with Gasteiger partial charge in [0.15, 0.2) is 0 Å². The van der Waals surface area contributed by atoms with E-state index >= 15 is 0 Å². The predicted molar refractivity (Wildman–Crippen MR) is 189 cm³/mol. The summed E-state index contributed by atoms with van der Waals surface area (Å²) >= 11 is 3.66. The van der Waals surface area contributed by atoms with Gasteiger partial charge in [0.25, 0.3) is 0 Å². The zero-order valence-electron chi connectivity index (χ0n) is 24.1. The average Bonchev–Trinajstić information content (AvgIpc) is 3.78. The molecule has 0 atom stereocenters. The lowest BCUT2D eigenvalue weighted by Gasteiger charge is -2.34. The highest BCUT2D eigenvalue weighted by Gasteiger charge is 2.48. The van der Waals surface area contributed by atoms with E-state index < -0.39 is 5.41 Å². The van der Waals surface area contributed by atoms with Gasteiger partial charge in [-0.2, -0.15) is 0 Å². The smallest absolute Gasteiger partial charge is 0.115 e. The third kappa shape index (κ3) is 3.86. The summed E-state index contributed by atoms with van der Waals surface area (Å²) in [4.78, 5) is 2.47. The van der Waals surface area contributed by atoms with Crippen LogP contribution in [0.1, 0.15) is 22.3 Å². The molecule has 214 valence electrons. The number of phenols is 2. The molecule has 0 fully saturated rings. The quantitative estimate of drug-likeness (QED) is 0.207. The molecule has 0 bridgehead atoms. The van der Waals surface area contributed by atoms with Crippen molar-refractivity contribution in [1.29, 1.82) is 0 Å². The van der Waals surface area contributed by atoms with E-state index in [9.17, 15) is 10.2 Å². The van der Waals surface area contributed by atoms with Crippen LogP contribution in [0.25, 0.3) is 52.2 Å². The van der Waals surface area contributed by atoms with E-state index in [1.54, 1.807) is 24.3 Å². The Kier molecular flexibility index (Phi) is 5.79. The van der Waals surface area contributed by atoms with Crippen LogP contribution in [-0.4, -0.2) is 10.2 Å². The van der Waals surface area contributed by atoms with Crippen LogP contribution < -0.4 is 0 Å². The lowest BCUT2D eigenvalue weighted by atomic mass is 9.67. The summed E-state index contributed by atoms with van der Waals surface area (Å²) in [7, 11) is 0. The zero-order valence-corrected chi connectivity index (χ0v) is 25.7. The van der Waals surface area contributed by atoms with Crippen LogP contribution >= 0.6 is 22.7 Å². The maximum absolute atomic E-state index is 10.4. The molecule has 8 aromatic rings. The highest BCUT2D eigenvalue weighted by atomic mass is 32.1. The fourth-order valence-electron chi connectivity index (χ4n) is 7.26. The topological polar surface area (TPSA) is 40.5 Å². The molecule has 0 saturated carbocycles. The van der Waals surface area contributed by atoms with Gasteiger partial charge in [-0.1, -0.05) is 97.1 Å². The number of fused-ring (bicyclic) bond motifs is 5. The molecule has 0 saturated heterocycles. The number of aromatic hydroxyl groups is 2. The molecule has 4 heteroatoms. The van der Waals surface area contributed by atoms with Crippen LogP contribution in [0.15, 0.2) is 146 Å². The Morgan fingerprint density at radius 2 is 0.844 bits per heavy atom. The van der Waals surface area contributed by atoms with E-state index in [1.165, 1.54) is 63.3 Å². The van der Waals surface area contributed by atoms with Crippen LogP contribution in [0.2, 0.25) is 0 Å². The van der Waals surface area contributed by atoms with Crippen molar-refractivity contribution < 1.29 is 10.2 Å². The maximum Gasteiger partial charge on any atom is 0.115 e. The van der Waals surface area contributed by atoms with Crippen molar-refractivity contribution in [2.45, 2.75) is 5.41 Å². The number of benzene rings is 6. The molecule has 0 aliphatic heterocycles. The van der Waals surface area contributed by atoms with Gasteiger partial charge in [0.1, 0.15) is 11.5 Å². The number of thiophene rings is 2. The van der Waals surface area contributed by atoms with Crippen molar-refractivity contribution in [3.8, 4) is 43.5 Å². The van der Waals surface area contributed by atoms with Crippen molar-refractivity contribution >= 4 is 42.8 Å². The van der Waals surface area contributed by atoms with Gasteiger partial charge < -0.3 is 10.2 Å². The van der Waals surface area contributed by atoms with Gasteiger partial charge in [0, 0.05) is 19.2 Å². The minimum Gasteiger partial charge on any atom is -0.508 e. The predicted octanol–water partition coefficient (Wildman–Crippen LogP) is 11.2. The van der Waals surface area contributed by atoms with Gasteiger partial charge in [0.05, 0.1) is 5.41 Å². The molecule has 0 radical (unpaired) electrons. The minimum absolute atomic E-state index is 0.233. The monoisotopic (exact) mass is 614 g/mol. The van der Waals surface area contributed by atoms with Gasteiger partial charge in [-0.05, 0) is 104 Å². The molecule has 2 aromatic heterocycles. The summed E-state index contributed by atoms with van der Waals surface area (Å²) in [6.45, 7) is 0. The first-order valence-electron chi connectivity index (χ1n) is 15.0. The van der Waals surface area contributed by atoms with Gasteiger partial charge in [-0.3, -0.25) is 0 Å². The SMILES string of the molecule is Oc1ccc(C2(c3ccc(O)cc3)c3cccc(-c4cc5ccccc5s4)c3-c3c(-c4cc5ccccc5s4)cccc32)cc1. The summed E-state index contributed by atoms with van der Waals surface area (Å²) in [6, 6.07) is 50.5. The molecule has 0 amide bonds. The number of phenolic OH excluding ortho intramolecular Hbond substituents is 2. The lowest BCUT2D eigenvalue weighted by molar-refractivity contribution is 0.475. The van der Waals surface area contributed by atoms with E-state index in [4.69, 9.17) is 0 Å². The molecule has 2 heterocycles. The summed E-state index contributed by atoms with van der Waals surface area (Å²) in [6.07, 6.45) is 0. The largest absolute Gasteiger partial charge is 0.508 e. The third-order valence-corrected chi connectivity index (χ3v) is 11.5. The van der Waals surface area contributed by atoms with E-state index in [2.05, 4.69) is 97.1 Å². The summed E-state index contributed by atoms with van der Waals surface area (Å²) in [5, 5.41) is 23.2. The molecule has 0 unspecified atom stereocenters. The maximum atomic E-state index is 10.4. The van der Waals surface area contributed by atoms with E-state index in [0.717, 1.165) is 11.1 Å². The van der Waals surface area contributed by atoms with Gasteiger partial charge in [-0.25, -0.2) is 0 Å². The van der Waals surface area contributed by atoms with Crippen LogP contribution in [0.3, 0.4) is 0 Å². The molecule has 1 aliphatic rings. The molecule has 2 N–H and O–H groups in total. The average molecular weight is 615 g/mol. The Balaban J connectivity index is 1.44. The van der Waals surface area contributed by atoms with Crippen LogP contribution in [0.5, 0.6) is 11.5 Å². The first-order valence-corrected chi connectivity index (χ1v) is 16.6. The Morgan fingerprint density at radius 1 is 0.422 bits per heavy atom. The first kappa shape index (κ1) is 26.3. The Bertz CT molecular complexity index is 2160. The van der Waals surface area contributed by atoms with Gasteiger partial charge in [0.2, 0.25) is 0 Å². The van der Waals surface area contributed by atoms with E-state index in [0.29, 0.717) is 0 Å². The van der Waals surface area contributed by atoms with Crippen molar-refractivity contribution in [3.63, 3.8) is 0 Å². The fraction of sp³-hybridized carbons (Fsp3) is 0.0244. The van der Waals surface area contributed by atoms with Crippen molar-refractivity contribution in [3.05, 3.63) is 168 Å². The van der Waals surface area contributed by atoms with Crippen molar-refractivity contribution in [2.75, 3.05) is 0 Å². The number of rotatable bonds is 4. The molecular formula is C41H26O2S2. The number of hydrogen-bond donors (Lipinski definition) is 2. The van der Waals surface area contributed by atoms with E-state index in [1.807, 2.05) is 46.9 Å². The van der Waals surface area contributed by atoms with E-state index in [-0.39, 0.29) is 11.5 Å². The van der Waals surface area contributed by atoms with Crippen molar-refractivity contribution in [2.24, 2.45) is 0 Å². The fourth-order valence-corrected chi connectivity index (χ4v) is 9.45. The second-order valence-corrected chi connectivity index (χ2v) is 13.8. The van der Waals surface area contributed by atoms with Gasteiger partial charge in [-0.15, -0.1) is 22.7 Å². The molecule has 45 heavy (non-hydrogen) atoms.